The quantitative estimate of drug-likeness (QED) is 0.858. The Morgan fingerprint density at radius 1 is 1.35 bits per heavy atom. The zero-order valence-corrected chi connectivity index (χ0v) is 14.2. The van der Waals surface area contributed by atoms with Gasteiger partial charge in [-0.1, -0.05) is 6.08 Å². The number of carbonyl (C=O) groups is 1. The van der Waals surface area contributed by atoms with Crippen LogP contribution in [-0.4, -0.2) is 18.1 Å². The normalized spacial score (nSPS) is 14.3. The van der Waals surface area contributed by atoms with Gasteiger partial charge in [0.15, 0.2) is 0 Å². The maximum Gasteiger partial charge on any atom is 0.340 e. The van der Waals surface area contributed by atoms with Crippen LogP contribution in [0.3, 0.4) is 0 Å². The average Bonchev–Trinajstić information content (AvgIpc) is 3.08. The van der Waals surface area contributed by atoms with Gasteiger partial charge in [-0.25, -0.2) is 4.79 Å². The van der Waals surface area contributed by atoms with Crippen molar-refractivity contribution < 1.29 is 9.53 Å². The van der Waals surface area contributed by atoms with Gasteiger partial charge in [0.1, 0.15) is 0 Å². The summed E-state index contributed by atoms with van der Waals surface area (Å²) in [5.74, 6) is -0.360. The first-order valence-corrected chi connectivity index (χ1v) is 8.30. The predicted octanol–water partition coefficient (Wildman–Crippen LogP) is 4.22. The Kier molecular flexibility index (Phi) is 4.30. The third-order valence-electron chi connectivity index (χ3n) is 3.91. The van der Waals surface area contributed by atoms with E-state index in [4.69, 9.17) is 4.74 Å². The number of hydrogen-bond acceptors (Lipinski definition) is 5. The minimum Gasteiger partial charge on any atom is -0.465 e. The number of allylic oxidation sites excluding steroid dienone is 4. The Hall–Kier alpha value is -2.40. The summed E-state index contributed by atoms with van der Waals surface area (Å²) in [5, 5.41) is 7.34. The van der Waals surface area contributed by atoms with Gasteiger partial charge in [0.25, 0.3) is 0 Å². The molecule has 0 atom stereocenters. The lowest BCUT2D eigenvalue weighted by Crippen LogP contribution is -2.17. The van der Waals surface area contributed by atoms with Crippen molar-refractivity contribution in [2.75, 3.05) is 7.11 Å². The topological polar surface area (TPSA) is 51.2 Å². The maximum atomic E-state index is 12.4. The van der Waals surface area contributed by atoms with E-state index in [9.17, 15) is 4.79 Å². The van der Waals surface area contributed by atoms with Crippen molar-refractivity contribution in [1.29, 1.82) is 0 Å². The number of pyridine rings is 1. The van der Waals surface area contributed by atoms with Crippen LogP contribution in [0.2, 0.25) is 0 Å². The highest BCUT2D eigenvalue weighted by Gasteiger charge is 2.23. The number of nitrogens with one attached hydrogen (secondary N) is 1. The Morgan fingerprint density at radius 2 is 2.17 bits per heavy atom. The van der Waals surface area contributed by atoms with Crippen LogP contribution in [0.15, 0.2) is 46.6 Å². The second-order valence-electron chi connectivity index (χ2n) is 5.41. The minimum atomic E-state index is -0.360. The van der Waals surface area contributed by atoms with E-state index in [2.05, 4.69) is 16.4 Å². The largest absolute Gasteiger partial charge is 0.465 e. The molecule has 5 heteroatoms. The van der Waals surface area contributed by atoms with Gasteiger partial charge in [0, 0.05) is 28.7 Å². The minimum absolute atomic E-state index is 0.360. The van der Waals surface area contributed by atoms with Crippen LogP contribution in [-0.2, 0) is 4.74 Å². The van der Waals surface area contributed by atoms with Crippen LogP contribution in [0.5, 0.6) is 0 Å². The highest BCUT2D eigenvalue weighted by molar-refractivity contribution is 7.08. The van der Waals surface area contributed by atoms with Crippen LogP contribution in [0, 0.1) is 0 Å². The predicted molar refractivity (Wildman–Crippen MR) is 93.0 cm³/mol. The van der Waals surface area contributed by atoms with Crippen molar-refractivity contribution in [3.63, 3.8) is 0 Å². The second-order valence-corrected chi connectivity index (χ2v) is 6.19. The lowest BCUT2D eigenvalue weighted by Gasteiger charge is -2.20. The fraction of sp³-hybridized carbons (Fsp3) is 0.222. The maximum absolute atomic E-state index is 12.4. The number of dihydropyridines is 1. The van der Waals surface area contributed by atoms with Gasteiger partial charge in [-0.05, 0) is 48.7 Å². The number of thiophene rings is 1. The molecule has 23 heavy (non-hydrogen) atoms. The van der Waals surface area contributed by atoms with Gasteiger partial charge < -0.3 is 10.1 Å². The molecule has 4 nitrogen and oxygen atoms in total. The number of hydrogen-bond donors (Lipinski definition) is 1. The number of carbonyl (C=O) groups excluding carboxylic acids is 1. The summed E-state index contributed by atoms with van der Waals surface area (Å²) in [4.78, 5) is 16.9. The lowest BCUT2D eigenvalue weighted by atomic mass is 9.94. The summed E-state index contributed by atoms with van der Waals surface area (Å²) in [5.41, 5.74) is 6.23. The molecule has 2 aromatic heterocycles. The van der Waals surface area contributed by atoms with Crippen LogP contribution in [0.4, 0.5) is 0 Å². The number of ether oxygens (including phenoxy) is 1. The SMILES string of the molecule is COC(=O)c1c(-c2ccsc2)ccnc1C1=C(C)NC(C)=CC1. The third kappa shape index (κ3) is 2.92. The smallest absolute Gasteiger partial charge is 0.340 e. The van der Waals surface area contributed by atoms with E-state index in [-0.39, 0.29) is 5.97 Å². The first-order valence-electron chi connectivity index (χ1n) is 7.35. The van der Waals surface area contributed by atoms with Gasteiger partial charge in [0.05, 0.1) is 18.4 Å². The molecule has 0 saturated heterocycles. The number of nitrogens with zero attached hydrogens (tertiary/aromatic N) is 1. The van der Waals surface area contributed by atoms with E-state index in [1.54, 1.807) is 17.5 Å². The average molecular weight is 326 g/mol. The van der Waals surface area contributed by atoms with E-state index in [0.29, 0.717) is 11.3 Å². The van der Waals surface area contributed by atoms with Crippen molar-refractivity contribution in [2.24, 2.45) is 0 Å². The molecule has 0 saturated carbocycles. The van der Waals surface area contributed by atoms with Crippen LogP contribution in [0.25, 0.3) is 16.7 Å². The summed E-state index contributed by atoms with van der Waals surface area (Å²) in [7, 11) is 1.40. The fourth-order valence-electron chi connectivity index (χ4n) is 2.76. The van der Waals surface area contributed by atoms with Crippen molar-refractivity contribution in [3.8, 4) is 11.1 Å². The van der Waals surface area contributed by atoms with Gasteiger partial charge in [-0.2, -0.15) is 11.3 Å². The molecule has 0 radical (unpaired) electrons. The molecule has 0 unspecified atom stereocenters. The molecule has 1 aliphatic rings. The first-order chi connectivity index (χ1) is 11.1. The molecule has 0 aromatic carbocycles. The fourth-order valence-corrected chi connectivity index (χ4v) is 3.42. The Labute approximate surface area is 139 Å². The zero-order chi connectivity index (χ0) is 16.4. The van der Waals surface area contributed by atoms with Gasteiger partial charge in [-0.3, -0.25) is 4.98 Å². The van der Waals surface area contributed by atoms with Gasteiger partial charge in [0.2, 0.25) is 0 Å². The highest BCUT2D eigenvalue weighted by Crippen LogP contribution is 2.33. The highest BCUT2D eigenvalue weighted by atomic mass is 32.1. The van der Waals surface area contributed by atoms with Crippen LogP contribution < -0.4 is 5.32 Å². The molecule has 0 fully saturated rings. The van der Waals surface area contributed by atoms with Gasteiger partial charge in [-0.15, -0.1) is 0 Å². The van der Waals surface area contributed by atoms with Crippen molar-refractivity contribution in [1.82, 2.24) is 10.3 Å². The zero-order valence-electron chi connectivity index (χ0n) is 13.3. The molecule has 118 valence electrons. The van der Waals surface area contributed by atoms with Gasteiger partial charge >= 0.3 is 5.97 Å². The molecular formula is C18H18N2O2S. The Balaban J connectivity index is 2.20. The molecule has 0 bridgehead atoms. The van der Waals surface area contributed by atoms with E-state index in [0.717, 1.165) is 34.5 Å². The summed E-state index contributed by atoms with van der Waals surface area (Å²) in [6.07, 6.45) is 4.59. The van der Waals surface area contributed by atoms with Crippen molar-refractivity contribution in [2.45, 2.75) is 20.3 Å². The summed E-state index contributed by atoms with van der Waals surface area (Å²) < 4.78 is 5.03. The molecule has 1 aliphatic heterocycles. The van der Waals surface area contributed by atoms with Crippen molar-refractivity contribution >= 4 is 22.9 Å². The first kappa shape index (κ1) is 15.5. The molecule has 0 aliphatic carbocycles. The standard InChI is InChI=1S/C18H18N2O2S/c1-11-4-5-14(12(2)20-11)17-16(18(21)22-3)15(6-8-19-17)13-7-9-23-10-13/h4,6-10,20H,5H2,1-3H3. The van der Waals surface area contributed by atoms with E-state index in [1.807, 2.05) is 36.7 Å². The molecule has 1 N–H and O–H groups in total. The molecule has 3 rings (SSSR count). The number of aromatic nitrogens is 1. The van der Waals surface area contributed by atoms with Crippen LogP contribution in [0.1, 0.15) is 36.3 Å². The molecule has 3 heterocycles. The molecule has 2 aromatic rings. The summed E-state index contributed by atoms with van der Waals surface area (Å²) in [6.45, 7) is 4.03. The van der Waals surface area contributed by atoms with Crippen molar-refractivity contribution in [3.05, 3.63) is 57.8 Å². The van der Waals surface area contributed by atoms with Crippen LogP contribution >= 0.6 is 11.3 Å². The third-order valence-corrected chi connectivity index (χ3v) is 4.59. The lowest BCUT2D eigenvalue weighted by molar-refractivity contribution is 0.0600. The monoisotopic (exact) mass is 326 g/mol. The summed E-state index contributed by atoms with van der Waals surface area (Å²) >= 11 is 1.60. The molecular weight excluding hydrogens is 308 g/mol. The molecule has 0 amide bonds. The van der Waals surface area contributed by atoms with E-state index in [1.165, 1.54) is 7.11 Å². The van der Waals surface area contributed by atoms with E-state index >= 15 is 0 Å². The number of methoxy groups -OCH3 is 1. The second kappa shape index (κ2) is 6.38. The Morgan fingerprint density at radius 3 is 2.83 bits per heavy atom. The molecule has 0 spiro atoms. The Bertz CT molecular complexity index is 804. The number of esters is 1. The van der Waals surface area contributed by atoms with E-state index < -0.39 is 0 Å². The number of rotatable bonds is 3. The summed E-state index contributed by atoms with van der Waals surface area (Å²) in [6, 6.07) is 3.87.